The minimum atomic E-state index is 0.450. The van der Waals surface area contributed by atoms with Crippen LogP contribution in [-0.4, -0.2) is 36.5 Å². The third kappa shape index (κ3) is 4.23. The molecule has 0 aliphatic carbocycles. The SMILES string of the molecule is CCN(CC)Cc1cccc(CNC2=NCC(C)N2)c1. The average Bonchev–Trinajstić information content (AvgIpc) is 2.89. The van der Waals surface area contributed by atoms with E-state index in [0.29, 0.717) is 6.04 Å². The van der Waals surface area contributed by atoms with E-state index < -0.39 is 0 Å². The molecule has 1 heterocycles. The van der Waals surface area contributed by atoms with Crippen LogP contribution in [0.1, 0.15) is 31.9 Å². The molecule has 1 aliphatic rings. The first-order valence-electron chi connectivity index (χ1n) is 7.56. The Kier molecular flexibility index (Phi) is 5.41. The monoisotopic (exact) mass is 274 g/mol. The van der Waals surface area contributed by atoms with E-state index in [1.807, 2.05) is 0 Å². The van der Waals surface area contributed by atoms with Gasteiger partial charge in [0.15, 0.2) is 5.96 Å². The smallest absolute Gasteiger partial charge is 0.191 e. The zero-order valence-electron chi connectivity index (χ0n) is 12.8. The van der Waals surface area contributed by atoms with Gasteiger partial charge in [0.1, 0.15) is 0 Å². The minimum absolute atomic E-state index is 0.450. The summed E-state index contributed by atoms with van der Waals surface area (Å²) in [7, 11) is 0. The van der Waals surface area contributed by atoms with E-state index in [4.69, 9.17) is 0 Å². The first-order valence-corrected chi connectivity index (χ1v) is 7.56. The first kappa shape index (κ1) is 14.9. The lowest BCUT2D eigenvalue weighted by molar-refractivity contribution is 0.296. The normalized spacial score (nSPS) is 18.0. The van der Waals surface area contributed by atoms with Gasteiger partial charge in [0, 0.05) is 19.1 Å². The molecule has 2 N–H and O–H groups in total. The zero-order valence-corrected chi connectivity index (χ0v) is 12.8. The summed E-state index contributed by atoms with van der Waals surface area (Å²) < 4.78 is 0. The fourth-order valence-electron chi connectivity index (χ4n) is 2.39. The fourth-order valence-corrected chi connectivity index (χ4v) is 2.39. The summed E-state index contributed by atoms with van der Waals surface area (Å²) in [5.74, 6) is 0.923. The molecular formula is C16H26N4. The maximum Gasteiger partial charge on any atom is 0.191 e. The van der Waals surface area contributed by atoms with Gasteiger partial charge in [-0.2, -0.15) is 0 Å². The molecule has 0 spiro atoms. The van der Waals surface area contributed by atoms with Crippen molar-refractivity contribution in [3.63, 3.8) is 0 Å². The molecule has 1 aliphatic heterocycles. The topological polar surface area (TPSA) is 39.7 Å². The number of hydrogen-bond donors (Lipinski definition) is 2. The van der Waals surface area contributed by atoms with Crippen molar-refractivity contribution >= 4 is 5.96 Å². The second-order valence-electron chi connectivity index (χ2n) is 5.37. The zero-order chi connectivity index (χ0) is 14.4. The van der Waals surface area contributed by atoms with Crippen molar-refractivity contribution in [2.75, 3.05) is 19.6 Å². The van der Waals surface area contributed by atoms with E-state index in [0.717, 1.165) is 38.7 Å². The summed E-state index contributed by atoms with van der Waals surface area (Å²) in [6.45, 7) is 11.5. The number of nitrogens with one attached hydrogen (secondary N) is 2. The number of hydrogen-bond acceptors (Lipinski definition) is 4. The summed E-state index contributed by atoms with van der Waals surface area (Å²) in [5, 5.41) is 6.68. The summed E-state index contributed by atoms with van der Waals surface area (Å²) >= 11 is 0. The minimum Gasteiger partial charge on any atom is -0.352 e. The van der Waals surface area contributed by atoms with Crippen LogP contribution in [0.4, 0.5) is 0 Å². The van der Waals surface area contributed by atoms with Gasteiger partial charge in [0.25, 0.3) is 0 Å². The molecule has 2 rings (SSSR count). The first-order chi connectivity index (χ1) is 9.71. The highest BCUT2D eigenvalue weighted by Crippen LogP contribution is 2.08. The molecular weight excluding hydrogens is 248 g/mol. The van der Waals surface area contributed by atoms with Gasteiger partial charge in [-0.25, -0.2) is 0 Å². The third-order valence-electron chi connectivity index (χ3n) is 3.66. The van der Waals surface area contributed by atoms with E-state index in [1.165, 1.54) is 11.1 Å². The van der Waals surface area contributed by atoms with Crippen molar-refractivity contribution in [2.45, 2.75) is 39.9 Å². The summed E-state index contributed by atoms with van der Waals surface area (Å²) in [6, 6.07) is 9.24. The quantitative estimate of drug-likeness (QED) is 0.833. The Morgan fingerprint density at radius 1 is 1.30 bits per heavy atom. The Bertz CT molecular complexity index is 452. The summed E-state index contributed by atoms with van der Waals surface area (Å²) in [4.78, 5) is 6.84. The van der Waals surface area contributed by atoms with E-state index in [2.05, 4.69) is 65.6 Å². The standard InChI is InChI=1S/C16H26N4/c1-4-20(5-2)12-15-8-6-7-14(9-15)11-18-16-17-10-13(3)19-16/h6-9,13H,4-5,10-12H2,1-3H3,(H2,17,18,19). The molecule has 4 nitrogen and oxygen atoms in total. The largest absolute Gasteiger partial charge is 0.352 e. The number of rotatable bonds is 6. The van der Waals surface area contributed by atoms with Gasteiger partial charge in [0.2, 0.25) is 0 Å². The Labute approximate surface area is 122 Å². The van der Waals surface area contributed by atoms with E-state index in [1.54, 1.807) is 0 Å². The van der Waals surface area contributed by atoms with Crippen molar-refractivity contribution < 1.29 is 0 Å². The molecule has 0 radical (unpaired) electrons. The maximum absolute atomic E-state index is 4.42. The molecule has 0 saturated carbocycles. The number of nitrogens with zero attached hydrogens (tertiary/aromatic N) is 2. The van der Waals surface area contributed by atoms with Gasteiger partial charge in [-0.3, -0.25) is 9.89 Å². The number of benzene rings is 1. The molecule has 4 heteroatoms. The van der Waals surface area contributed by atoms with E-state index in [-0.39, 0.29) is 0 Å². The molecule has 1 aromatic carbocycles. The van der Waals surface area contributed by atoms with Gasteiger partial charge >= 0.3 is 0 Å². The molecule has 1 unspecified atom stereocenters. The second kappa shape index (κ2) is 7.29. The maximum atomic E-state index is 4.42. The molecule has 0 bridgehead atoms. The van der Waals surface area contributed by atoms with Gasteiger partial charge in [0.05, 0.1) is 6.54 Å². The lowest BCUT2D eigenvalue weighted by Gasteiger charge is -2.18. The van der Waals surface area contributed by atoms with Gasteiger partial charge < -0.3 is 10.6 Å². The van der Waals surface area contributed by atoms with Crippen molar-refractivity contribution in [1.29, 1.82) is 0 Å². The summed E-state index contributed by atoms with van der Waals surface area (Å²) in [5.41, 5.74) is 2.68. The van der Waals surface area contributed by atoms with Crippen LogP contribution in [0.3, 0.4) is 0 Å². The van der Waals surface area contributed by atoms with Gasteiger partial charge in [-0.05, 0) is 31.1 Å². The Balaban J connectivity index is 1.89. The van der Waals surface area contributed by atoms with Crippen LogP contribution in [0, 0.1) is 0 Å². The molecule has 0 amide bonds. The van der Waals surface area contributed by atoms with Crippen molar-refractivity contribution in [2.24, 2.45) is 4.99 Å². The van der Waals surface area contributed by atoms with Gasteiger partial charge in [-0.1, -0.05) is 38.1 Å². The highest BCUT2D eigenvalue weighted by Gasteiger charge is 2.11. The van der Waals surface area contributed by atoms with Crippen molar-refractivity contribution in [1.82, 2.24) is 15.5 Å². The van der Waals surface area contributed by atoms with Crippen LogP contribution < -0.4 is 10.6 Å². The van der Waals surface area contributed by atoms with Gasteiger partial charge in [-0.15, -0.1) is 0 Å². The highest BCUT2D eigenvalue weighted by molar-refractivity contribution is 5.81. The van der Waals surface area contributed by atoms with Crippen LogP contribution in [0.25, 0.3) is 0 Å². The van der Waals surface area contributed by atoms with Crippen LogP contribution in [0.5, 0.6) is 0 Å². The van der Waals surface area contributed by atoms with Crippen LogP contribution in [0.2, 0.25) is 0 Å². The Morgan fingerprint density at radius 2 is 2.05 bits per heavy atom. The Hall–Kier alpha value is -1.55. The predicted molar refractivity (Wildman–Crippen MR) is 84.8 cm³/mol. The van der Waals surface area contributed by atoms with Crippen molar-refractivity contribution in [3.8, 4) is 0 Å². The number of aliphatic imine (C=N–C) groups is 1. The molecule has 110 valence electrons. The highest BCUT2D eigenvalue weighted by atomic mass is 15.2. The molecule has 20 heavy (non-hydrogen) atoms. The summed E-state index contributed by atoms with van der Waals surface area (Å²) in [6.07, 6.45) is 0. The lowest BCUT2D eigenvalue weighted by atomic mass is 10.1. The van der Waals surface area contributed by atoms with E-state index >= 15 is 0 Å². The van der Waals surface area contributed by atoms with E-state index in [9.17, 15) is 0 Å². The fraction of sp³-hybridized carbons (Fsp3) is 0.562. The van der Waals surface area contributed by atoms with Crippen LogP contribution in [0.15, 0.2) is 29.3 Å². The van der Waals surface area contributed by atoms with Crippen LogP contribution in [-0.2, 0) is 13.1 Å². The number of guanidine groups is 1. The van der Waals surface area contributed by atoms with Crippen LogP contribution >= 0.6 is 0 Å². The molecule has 1 atom stereocenters. The molecule has 0 aromatic heterocycles. The molecule has 1 aromatic rings. The average molecular weight is 274 g/mol. The second-order valence-corrected chi connectivity index (χ2v) is 5.37. The third-order valence-corrected chi connectivity index (χ3v) is 3.66. The molecule has 0 saturated heterocycles. The Morgan fingerprint density at radius 3 is 2.70 bits per heavy atom. The van der Waals surface area contributed by atoms with Crippen molar-refractivity contribution in [3.05, 3.63) is 35.4 Å². The lowest BCUT2D eigenvalue weighted by Crippen LogP contribution is -2.37. The predicted octanol–water partition coefficient (Wildman–Crippen LogP) is 1.97. The molecule has 0 fully saturated rings.